The Labute approximate surface area is 127 Å². The van der Waals surface area contributed by atoms with E-state index in [9.17, 15) is 4.79 Å². The summed E-state index contributed by atoms with van der Waals surface area (Å²) in [4.78, 5) is 13.8. The van der Waals surface area contributed by atoms with Gasteiger partial charge in [-0.1, -0.05) is 12.0 Å². The van der Waals surface area contributed by atoms with Crippen molar-refractivity contribution in [1.29, 1.82) is 0 Å². The molecule has 0 spiro atoms. The molecular weight excluding hydrogens is 318 g/mol. The average Bonchev–Trinajstić information content (AvgIpc) is 2.45. The minimum absolute atomic E-state index is 0.171. The highest BCUT2D eigenvalue weighted by molar-refractivity contribution is 9.10. The summed E-state index contributed by atoms with van der Waals surface area (Å²) in [5.74, 6) is 3.32. The Morgan fingerprint density at radius 1 is 1.50 bits per heavy atom. The fraction of sp³-hybridized carbons (Fsp3) is 0.312. The van der Waals surface area contributed by atoms with Crippen LogP contribution >= 0.6 is 15.9 Å². The molecule has 1 aromatic carbocycles. The number of carbonyl (C=O) groups is 1. The highest BCUT2D eigenvalue weighted by Gasteiger charge is 2.22. The molecule has 1 aromatic rings. The maximum absolute atomic E-state index is 12.0. The first kappa shape index (κ1) is 14.7. The molecule has 2 rings (SSSR count). The topological polar surface area (TPSA) is 29.5 Å². The van der Waals surface area contributed by atoms with E-state index in [-0.39, 0.29) is 12.5 Å². The molecule has 1 aliphatic rings. The van der Waals surface area contributed by atoms with Crippen molar-refractivity contribution in [3.8, 4) is 18.1 Å². The van der Waals surface area contributed by atoms with Crippen LogP contribution in [0.5, 0.6) is 5.75 Å². The number of terminal acetylenes is 1. The lowest BCUT2D eigenvalue weighted by Crippen LogP contribution is -2.31. The fourth-order valence-electron chi connectivity index (χ4n) is 2.23. The molecule has 0 fully saturated rings. The molecule has 0 N–H and O–H groups in total. The van der Waals surface area contributed by atoms with Crippen molar-refractivity contribution in [2.45, 2.75) is 19.8 Å². The van der Waals surface area contributed by atoms with Crippen molar-refractivity contribution in [3.05, 3.63) is 34.3 Å². The summed E-state index contributed by atoms with van der Waals surface area (Å²) in [6.45, 7) is 2.90. The molecule has 104 valence electrons. The molecule has 0 saturated heterocycles. The molecule has 0 aromatic heterocycles. The summed E-state index contributed by atoms with van der Waals surface area (Å²) < 4.78 is 6.28. The molecule has 0 atom stereocenters. The van der Waals surface area contributed by atoms with Gasteiger partial charge in [0.2, 0.25) is 5.91 Å². The monoisotopic (exact) mass is 333 g/mol. The Hall–Kier alpha value is -1.73. The Morgan fingerprint density at radius 2 is 2.30 bits per heavy atom. The van der Waals surface area contributed by atoms with Gasteiger partial charge in [-0.15, -0.1) is 6.42 Å². The molecule has 0 unspecified atom stereocenters. The summed E-state index contributed by atoms with van der Waals surface area (Å²) >= 11 is 3.54. The van der Waals surface area contributed by atoms with Crippen LogP contribution in [0.2, 0.25) is 0 Å². The molecule has 4 heteroatoms. The van der Waals surface area contributed by atoms with Gasteiger partial charge in [0.05, 0.1) is 0 Å². The van der Waals surface area contributed by atoms with Gasteiger partial charge in [-0.3, -0.25) is 4.79 Å². The number of benzene rings is 1. The van der Waals surface area contributed by atoms with E-state index in [1.165, 1.54) is 0 Å². The van der Waals surface area contributed by atoms with Crippen LogP contribution in [-0.2, 0) is 4.79 Å². The van der Waals surface area contributed by atoms with Gasteiger partial charge in [0.25, 0.3) is 0 Å². The van der Waals surface area contributed by atoms with Gasteiger partial charge in [0, 0.05) is 28.7 Å². The summed E-state index contributed by atoms with van der Waals surface area (Å²) in [7, 11) is 0. The number of amides is 1. The van der Waals surface area contributed by atoms with Crippen molar-refractivity contribution in [1.82, 2.24) is 4.90 Å². The predicted octanol–water partition coefficient (Wildman–Crippen LogP) is 3.44. The standard InChI is InChI=1S/C16H16BrNO2/c1-3-10-20-12-8-9-13(14(17)11-12)15-6-5-7-16(19)18(15)4-2/h1,6,8-9,11H,4-5,7,10H2,2H3. The maximum atomic E-state index is 12.0. The molecule has 3 nitrogen and oxygen atoms in total. The zero-order valence-corrected chi connectivity index (χ0v) is 12.9. The van der Waals surface area contributed by atoms with E-state index in [1.807, 2.05) is 30.0 Å². The molecule has 0 saturated carbocycles. The highest BCUT2D eigenvalue weighted by Crippen LogP contribution is 2.33. The van der Waals surface area contributed by atoms with Gasteiger partial charge in [-0.05, 0) is 47.5 Å². The van der Waals surface area contributed by atoms with Crippen LogP contribution in [0.1, 0.15) is 25.3 Å². The third-order valence-electron chi connectivity index (χ3n) is 3.14. The molecule has 20 heavy (non-hydrogen) atoms. The Morgan fingerprint density at radius 3 is 2.95 bits per heavy atom. The van der Waals surface area contributed by atoms with E-state index >= 15 is 0 Å². The van der Waals surface area contributed by atoms with E-state index in [2.05, 4.69) is 27.9 Å². The second kappa shape index (κ2) is 6.62. The van der Waals surface area contributed by atoms with Crippen molar-refractivity contribution in [2.24, 2.45) is 0 Å². The molecule has 0 bridgehead atoms. The fourth-order valence-corrected chi connectivity index (χ4v) is 2.79. The van der Waals surface area contributed by atoms with Gasteiger partial charge in [0.1, 0.15) is 12.4 Å². The average molecular weight is 334 g/mol. The van der Waals surface area contributed by atoms with Crippen molar-refractivity contribution in [2.75, 3.05) is 13.2 Å². The summed E-state index contributed by atoms with van der Waals surface area (Å²) in [5, 5.41) is 0. The summed E-state index contributed by atoms with van der Waals surface area (Å²) in [5.41, 5.74) is 1.95. The van der Waals surface area contributed by atoms with Gasteiger partial charge < -0.3 is 9.64 Å². The van der Waals surface area contributed by atoms with Crippen LogP contribution in [0.4, 0.5) is 0 Å². The third-order valence-corrected chi connectivity index (χ3v) is 3.80. The number of hydrogen-bond donors (Lipinski definition) is 0. The van der Waals surface area contributed by atoms with Crippen LogP contribution in [0, 0.1) is 12.3 Å². The van der Waals surface area contributed by atoms with E-state index < -0.39 is 0 Å². The Bertz CT molecular complexity index is 587. The zero-order chi connectivity index (χ0) is 14.5. The smallest absolute Gasteiger partial charge is 0.227 e. The minimum atomic E-state index is 0.171. The lowest BCUT2D eigenvalue weighted by molar-refractivity contribution is -0.128. The maximum Gasteiger partial charge on any atom is 0.227 e. The van der Waals surface area contributed by atoms with E-state index in [4.69, 9.17) is 11.2 Å². The first-order valence-electron chi connectivity index (χ1n) is 6.54. The molecule has 0 aliphatic carbocycles. The molecular formula is C16H16BrNO2. The van der Waals surface area contributed by atoms with Gasteiger partial charge >= 0.3 is 0 Å². The Kier molecular flexibility index (Phi) is 4.86. The van der Waals surface area contributed by atoms with E-state index in [1.54, 1.807) is 0 Å². The SMILES string of the molecule is C#CCOc1ccc(C2=CCCC(=O)N2CC)c(Br)c1. The van der Waals surface area contributed by atoms with E-state index in [0.717, 1.165) is 22.2 Å². The van der Waals surface area contributed by atoms with Crippen LogP contribution in [0.15, 0.2) is 28.7 Å². The number of carbonyl (C=O) groups excluding carboxylic acids is 1. The lowest BCUT2D eigenvalue weighted by atomic mass is 10.0. The summed E-state index contributed by atoms with van der Waals surface area (Å²) in [6, 6.07) is 5.69. The van der Waals surface area contributed by atoms with Crippen LogP contribution in [0.3, 0.4) is 0 Å². The second-order valence-electron chi connectivity index (χ2n) is 4.40. The molecule has 0 radical (unpaired) electrons. The Balaban J connectivity index is 2.31. The van der Waals surface area contributed by atoms with Gasteiger partial charge in [-0.2, -0.15) is 0 Å². The number of nitrogens with zero attached hydrogens (tertiary/aromatic N) is 1. The van der Waals surface area contributed by atoms with Gasteiger partial charge in [0.15, 0.2) is 0 Å². The van der Waals surface area contributed by atoms with Crippen LogP contribution < -0.4 is 4.74 Å². The molecule has 1 heterocycles. The zero-order valence-electron chi connectivity index (χ0n) is 11.4. The lowest BCUT2D eigenvalue weighted by Gasteiger charge is -2.28. The number of hydrogen-bond acceptors (Lipinski definition) is 2. The largest absolute Gasteiger partial charge is 0.481 e. The normalized spacial score (nSPS) is 14.8. The number of rotatable bonds is 4. The third kappa shape index (κ3) is 3.05. The second-order valence-corrected chi connectivity index (χ2v) is 5.25. The number of allylic oxidation sites excluding steroid dienone is 1. The first-order chi connectivity index (χ1) is 9.67. The minimum Gasteiger partial charge on any atom is -0.481 e. The molecule has 1 amide bonds. The van der Waals surface area contributed by atoms with Crippen molar-refractivity contribution in [3.63, 3.8) is 0 Å². The quantitative estimate of drug-likeness (QED) is 0.790. The molecule has 1 aliphatic heterocycles. The van der Waals surface area contributed by atoms with Crippen LogP contribution in [-0.4, -0.2) is 24.0 Å². The highest BCUT2D eigenvalue weighted by atomic mass is 79.9. The van der Waals surface area contributed by atoms with Crippen molar-refractivity contribution < 1.29 is 9.53 Å². The number of ether oxygens (including phenoxy) is 1. The van der Waals surface area contributed by atoms with E-state index in [0.29, 0.717) is 18.7 Å². The first-order valence-corrected chi connectivity index (χ1v) is 7.33. The summed E-state index contributed by atoms with van der Waals surface area (Å²) in [6.07, 6.45) is 8.64. The van der Waals surface area contributed by atoms with Crippen LogP contribution in [0.25, 0.3) is 5.70 Å². The number of halogens is 1. The van der Waals surface area contributed by atoms with Crippen molar-refractivity contribution >= 4 is 27.5 Å². The van der Waals surface area contributed by atoms with Gasteiger partial charge in [-0.25, -0.2) is 0 Å². The predicted molar refractivity (Wildman–Crippen MR) is 83.1 cm³/mol.